The molecule has 6 rings (SSSR count). The number of carbonyl (C=O) groups is 1. The van der Waals surface area contributed by atoms with Gasteiger partial charge in [-0.05, 0) is 69.5 Å². The van der Waals surface area contributed by atoms with Crippen molar-refractivity contribution >= 4 is 51.4 Å². The molecule has 1 aliphatic rings. The zero-order valence-corrected chi connectivity index (χ0v) is 32.3. The average molecular weight is 769 g/mol. The lowest BCUT2D eigenvalue weighted by molar-refractivity contribution is -0.120. The molecule has 3 N–H and O–H groups in total. The van der Waals surface area contributed by atoms with Gasteiger partial charge >= 0.3 is 0 Å². The Kier molecular flexibility index (Phi) is 15.1. The molecule has 3 aromatic heterocycles. The molecule has 0 fully saturated rings. The van der Waals surface area contributed by atoms with Crippen LogP contribution >= 0.6 is 23.2 Å². The van der Waals surface area contributed by atoms with E-state index >= 15 is 0 Å². The van der Waals surface area contributed by atoms with Crippen LogP contribution in [-0.2, 0) is 24.7 Å². The lowest BCUT2D eigenvalue weighted by Gasteiger charge is -2.16. The molecule has 1 amide bonds. The second-order valence-corrected chi connectivity index (χ2v) is 12.7. The number of benzene rings is 2. The van der Waals surface area contributed by atoms with Crippen LogP contribution in [0.1, 0.15) is 62.8 Å². The van der Waals surface area contributed by atoms with Crippen molar-refractivity contribution in [3.05, 3.63) is 91.9 Å². The molecule has 0 radical (unpaired) electrons. The molecule has 2 aromatic carbocycles. The van der Waals surface area contributed by atoms with Crippen molar-refractivity contribution in [1.82, 2.24) is 30.4 Å². The van der Waals surface area contributed by atoms with Crippen molar-refractivity contribution in [2.45, 2.75) is 58.8 Å². The molecule has 10 nitrogen and oxygen atoms in total. The summed E-state index contributed by atoms with van der Waals surface area (Å²) in [6.07, 6.45) is 4.13. The van der Waals surface area contributed by atoms with Gasteiger partial charge in [0.1, 0.15) is 11.5 Å². The number of hydrogen-bond donors (Lipinski definition) is 3. The lowest BCUT2D eigenvalue weighted by Crippen LogP contribution is -2.20. The van der Waals surface area contributed by atoms with Crippen LogP contribution in [0.15, 0.2) is 59.5 Å². The largest absolute Gasteiger partial charge is 0.481 e. The maximum absolute atomic E-state index is 13.7. The predicted octanol–water partition coefficient (Wildman–Crippen LogP) is 8.69. The van der Waals surface area contributed by atoms with E-state index in [0.717, 1.165) is 60.5 Å². The molecular weight excluding hydrogens is 723 g/mol. The first-order valence-electron chi connectivity index (χ1n) is 17.5. The predicted molar refractivity (Wildman–Crippen MR) is 210 cm³/mol. The summed E-state index contributed by atoms with van der Waals surface area (Å²) in [4.78, 5) is 32.3. The number of rotatable bonds is 11. The van der Waals surface area contributed by atoms with Crippen molar-refractivity contribution in [3.8, 4) is 28.3 Å². The minimum absolute atomic E-state index is 0.0471. The van der Waals surface area contributed by atoms with Crippen molar-refractivity contribution in [2.75, 3.05) is 33.1 Å². The maximum atomic E-state index is 13.7. The number of nitrogens with one attached hydrogen (secondary N) is 3. The van der Waals surface area contributed by atoms with Gasteiger partial charge in [-0.3, -0.25) is 9.59 Å². The van der Waals surface area contributed by atoms with Crippen molar-refractivity contribution in [3.63, 3.8) is 0 Å². The number of carbonyl (C=O) groups excluding carboxylic acids is 1. The summed E-state index contributed by atoms with van der Waals surface area (Å²) in [6.45, 7) is 5.00. The van der Waals surface area contributed by atoms with Crippen molar-refractivity contribution < 1.29 is 18.3 Å². The molecular formula is C39H45Cl2F2N7O3. The third-order valence-electron chi connectivity index (χ3n) is 8.59. The van der Waals surface area contributed by atoms with Gasteiger partial charge in [0.25, 0.3) is 12.0 Å². The highest BCUT2D eigenvalue weighted by atomic mass is 35.5. The van der Waals surface area contributed by atoms with Crippen molar-refractivity contribution in [1.29, 1.82) is 0 Å². The quantitative estimate of drug-likeness (QED) is 0.114. The first-order chi connectivity index (χ1) is 25.6. The maximum Gasteiger partial charge on any atom is 0.280 e. The molecule has 282 valence electrons. The third kappa shape index (κ3) is 9.67. The number of anilines is 2. The summed E-state index contributed by atoms with van der Waals surface area (Å²) in [5, 5.41) is 13.6. The SMILES string of the molecule is CC.CNCCCCC(=O)NC.COc1nc(-c2cccc(-c3cccc(Nc4nc(C(F)F)cc5cnn(C)c(=O)c45)c3Cl)c2Cl)cc2c1CCC2. The Bertz CT molecular complexity index is 2110. The molecule has 53 heavy (non-hydrogen) atoms. The van der Waals surface area contributed by atoms with Gasteiger partial charge in [-0.15, -0.1) is 0 Å². The van der Waals surface area contributed by atoms with E-state index in [0.29, 0.717) is 39.8 Å². The van der Waals surface area contributed by atoms with Gasteiger partial charge in [0.05, 0.1) is 40.1 Å². The molecule has 3 heterocycles. The number of nitrogens with zero attached hydrogens (tertiary/aromatic N) is 4. The number of pyridine rings is 2. The van der Waals surface area contributed by atoms with Crippen LogP contribution in [0.25, 0.3) is 33.2 Å². The Morgan fingerprint density at radius 1 is 0.981 bits per heavy atom. The third-order valence-corrected chi connectivity index (χ3v) is 9.41. The molecule has 0 unspecified atom stereocenters. The van der Waals surface area contributed by atoms with E-state index in [4.69, 9.17) is 32.9 Å². The summed E-state index contributed by atoms with van der Waals surface area (Å²) >= 11 is 13.9. The molecule has 0 saturated heterocycles. The molecule has 1 aliphatic carbocycles. The van der Waals surface area contributed by atoms with E-state index in [2.05, 4.69) is 32.1 Å². The van der Waals surface area contributed by atoms with Gasteiger partial charge in [-0.2, -0.15) is 5.10 Å². The Morgan fingerprint density at radius 3 is 2.36 bits per heavy atom. The van der Waals surface area contributed by atoms with E-state index in [1.165, 1.54) is 18.8 Å². The fraction of sp³-hybridized carbons (Fsp3) is 0.359. The molecule has 14 heteroatoms. The highest BCUT2D eigenvalue weighted by Crippen LogP contribution is 2.43. The van der Waals surface area contributed by atoms with Gasteiger partial charge in [-0.1, -0.05) is 67.4 Å². The molecule has 0 spiro atoms. The lowest BCUT2D eigenvalue weighted by atomic mass is 9.99. The highest BCUT2D eigenvalue weighted by Gasteiger charge is 2.22. The zero-order valence-electron chi connectivity index (χ0n) is 30.7. The second-order valence-electron chi connectivity index (χ2n) is 11.9. The first kappa shape index (κ1) is 41.1. The fourth-order valence-electron chi connectivity index (χ4n) is 5.94. The van der Waals surface area contributed by atoms with Gasteiger partial charge in [-0.25, -0.2) is 23.4 Å². The molecule has 0 aliphatic heterocycles. The van der Waals surface area contributed by atoms with Gasteiger partial charge in [0.2, 0.25) is 11.8 Å². The number of hydrogen-bond acceptors (Lipinski definition) is 8. The number of fused-ring (bicyclic) bond motifs is 2. The summed E-state index contributed by atoms with van der Waals surface area (Å²) in [6, 6.07) is 14.0. The van der Waals surface area contributed by atoms with Crippen LogP contribution in [-0.4, -0.2) is 53.4 Å². The summed E-state index contributed by atoms with van der Waals surface area (Å²) in [5.41, 5.74) is 4.39. The van der Waals surface area contributed by atoms with Crippen molar-refractivity contribution in [2.24, 2.45) is 7.05 Å². The number of ether oxygens (including phenoxy) is 1. The van der Waals surface area contributed by atoms with Crippen LogP contribution in [0.3, 0.4) is 0 Å². The van der Waals surface area contributed by atoms with Gasteiger partial charge in [0, 0.05) is 48.2 Å². The Balaban J connectivity index is 0.000000455. The van der Waals surface area contributed by atoms with E-state index in [-0.39, 0.29) is 27.5 Å². The van der Waals surface area contributed by atoms with Crippen LogP contribution in [0.4, 0.5) is 20.3 Å². The smallest absolute Gasteiger partial charge is 0.280 e. The fourth-order valence-corrected chi connectivity index (χ4v) is 6.54. The number of amides is 1. The molecule has 0 atom stereocenters. The zero-order chi connectivity index (χ0) is 38.7. The number of unbranched alkanes of at least 4 members (excludes halogenated alkanes) is 1. The van der Waals surface area contributed by atoms with E-state index in [9.17, 15) is 18.4 Å². The summed E-state index contributed by atoms with van der Waals surface area (Å²) in [7, 11) is 6.67. The number of alkyl halides is 2. The van der Waals surface area contributed by atoms with Gasteiger partial charge in [0.15, 0.2) is 0 Å². The minimum atomic E-state index is -2.85. The molecule has 0 bridgehead atoms. The number of aryl methyl sites for hydroxylation is 2. The highest BCUT2D eigenvalue weighted by molar-refractivity contribution is 6.39. The minimum Gasteiger partial charge on any atom is -0.481 e. The van der Waals surface area contributed by atoms with E-state index in [1.807, 2.05) is 39.1 Å². The van der Waals surface area contributed by atoms with Crippen LogP contribution in [0, 0.1) is 0 Å². The van der Waals surface area contributed by atoms with Crippen LogP contribution in [0.2, 0.25) is 10.0 Å². The molecule has 0 saturated carbocycles. The number of halogens is 4. The Morgan fingerprint density at radius 2 is 1.68 bits per heavy atom. The number of aromatic nitrogens is 4. The van der Waals surface area contributed by atoms with Crippen LogP contribution in [0.5, 0.6) is 5.88 Å². The average Bonchev–Trinajstić information content (AvgIpc) is 3.65. The topological polar surface area (TPSA) is 123 Å². The van der Waals surface area contributed by atoms with E-state index < -0.39 is 17.7 Å². The van der Waals surface area contributed by atoms with Crippen LogP contribution < -0.4 is 26.2 Å². The van der Waals surface area contributed by atoms with E-state index in [1.54, 1.807) is 32.4 Å². The normalized spacial score (nSPS) is 11.7. The Hall–Kier alpha value is -4.65. The van der Waals surface area contributed by atoms with Gasteiger partial charge < -0.3 is 20.7 Å². The summed E-state index contributed by atoms with van der Waals surface area (Å²) in [5.74, 6) is 0.693. The number of methoxy groups -OCH3 is 1. The summed E-state index contributed by atoms with van der Waals surface area (Å²) < 4.78 is 34.0. The standard InChI is InChI=1S/C30H23Cl2F2N5O2.C7H16N2O.C2H6/c1-39-30(40)24-16(14-35-39)13-23(27(33)34)37-28(24)36-21-11-5-9-19(26(21)32)18-8-4-10-20(25(18)31)22-12-15-6-3-7-17(15)29(38-22)41-2;1-8-6-4-3-5-7(10)9-2;1-2/h4-5,8-14,27H,3,6-7H2,1-2H3,(H,36,37);8H,3-6H2,1-2H3,(H,9,10);1-2H3. The monoisotopic (exact) mass is 767 g/mol. The second kappa shape index (κ2) is 19.4. The first-order valence-corrected chi connectivity index (χ1v) is 18.2. The molecule has 5 aromatic rings. The Labute approximate surface area is 318 Å².